The van der Waals surface area contributed by atoms with Crippen molar-refractivity contribution in [2.75, 3.05) is 19.8 Å². The largest absolute Gasteiger partial charge is 0.433 e. The quantitative estimate of drug-likeness (QED) is 0.811. The fourth-order valence-electron chi connectivity index (χ4n) is 3.05. The Labute approximate surface area is 129 Å². The first kappa shape index (κ1) is 15.5. The lowest BCUT2D eigenvalue weighted by atomic mass is 10.0. The summed E-state index contributed by atoms with van der Waals surface area (Å²) in [5.74, 6) is -2.44. The number of nitrogens with one attached hydrogen (secondary N) is 1. The third kappa shape index (κ3) is 3.85. The lowest BCUT2D eigenvalue weighted by Crippen LogP contribution is -2.38. The van der Waals surface area contributed by atoms with E-state index in [0.717, 1.165) is 44.0 Å². The molecule has 0 radical (unpaired) electrons. The molecule has 0 aromatic rings. The molecule has 2 aliphatic carbocycles. The molecule has 2 atom stereocenters. The van der Waals surface area contributed by atoms with Crippen molar-refractivity contribution < 1.29 is 18.3 Å². The zero-order chi connectivity index (χ0) is 15.6. The molecule has 1 heterocycles. The molecule has 1 N–H and O–H groups in total. The molecule has 2 fully saturated rings. The van der Waals surface area contributed by atoms with Gasteiger partial charge < -0.3 is 9.64 Å². The Hall–Kier alpha value is -1.43. The van der Waals surface area contributed by atoms with Crippen LogP contribution in [-0.2, 0) is 4.74 Å². The minimum absolute atomic E-state index is 0.184. The highest BCUT2D eigenvalue weighted by Gasteiger charge is 2.40. The maximum atomic E-state index is 13.0. The number of amides is 1. The first-order valence-corrected chi connectivity index (χ1v) is 7.97. The first-order valence-electron chi connectivity index (χ1n) is 7.97. The van der Waals surface area contributed by atoms with Gasteiger partial charge in [-0.1, -0.05) is 12.2 Å². The number of nitrogens with zero attached hydrogens (tertiary/aromatic N) is 1. The summed E-state index contributed by atoms with van der Waals surface area (Å²) in [6, 6.07) is 0.219. The Morgan fingerprint density at radius 1 is 1.36 bits per heavy atom. The number of allylic oxidation sites excluding steroid dienone is 3. The van der Waals surface area contributed by atoms with Gasteiger partial charge in [-0.25, -0.2) is 13.6 Å². The van der Waals surface area contributed by atoms with Crippen molar-refractivity contribution in [1.82, 2.24) is 10.2 Å². The van der Waals surface area contributed by atoms with Crippen molar-refractivity contribution in [2.24, 2.45) is 5.92 Å². The predicted octanol–water partition coefficient (Wildman–Crippen LogP) is 3.07. The van der Waals surface area contributed by atoms with Crippen LogP contribution in [-0.4, -0.2) is 42.8 Å². The van der Waals surface area contributed by atoms with Crippen LogP contribution < -0.4 is 5.32 Å². The summed E-state index contributed by atoms with van der Waals surface area (Å²) in [5, 5.41) is 3.16. The molecule has 0 aromatic heterocycles. The van der Waals surface area contributed by atoms with Gasteiger partial charge >= 0.3 is 6.09 Å². The summed E-state index contributed by atoms with van der Waals surface area (Å²) in [6.45, 7) is 1.73. The van der Waals surface area contributed by atoms with Gasteiger partial charge in [0, 0.05) is 31.5 Å². The predicted molar refractivity (Wildman–Crippen MR) is 78.6 cm³/mol. The Morgan fingerprint density at radius 2 is 2.14 bits per heavy atom. The fourth-order valence-corrected chi connectivity index (χ4v) is 3.05. The summed E-state index contributed by atoms with van der Waals surface area (Å²) in [6.07, 6.45) is 7.80. The number of alkyl halides is 2. The van der Waals surface area contributed by atoms with Gasteiger partial charge in [0.25, 0.3) is 5.92 Å². The zero-order valence-electron chi connectivity index (χ0n) is 12.6. The van der Waals surface area contributed by atoms with E-state index >= 15 is 0 Å². The van der Waals surface area contributed by atoms with E-state index in [1.807, 2.05) is 0 Å². The van der Waals surface area contributed by atoms with Gasteiger partial charge in [-0.05, 0) is 37.3 Å². The number of carbonyl (C=O) groups is 1. The third-order valence-corrected chi connectivity index (χ3v) is 4.50. The van der Waals surface area contributed by atoms with Crippen molar-refractivity contribution in [2.45, 2.75) is 44.1 Å². The monoisotopic (exact) mass is 312 g/mol. The van der Waals surface area contributed by atoms with E-state index in [0.29, 0.717) is 0 Å². The average Bonchev–Trinajstić information content (AvgIpc) is 3.27. The third-order valence-electron chi connectivity index (χ3n) is 4.50. The molecule has 22 heavy (non-hydrogen) atoms. The van der Waals surface area contributed by atoms with Crippen molar-refractivity contribution in [3.05, 3.63) is 23.8 Å². The van der Waals surface area contributed by atoms with Gasteiger partial charge in [-0.3, -0.25) is 5.32 Å². The van der Waals surface area contributed by atoms with Crippen molar-refractivity contribution in [1.29, 1.82) is 0 Å². The van der Waals surface area contributed by atoms with Crippen LogP contribution in [0.1, 0.15) is 32.1 Å². The highest BCUT2D eigenvalue weighted by molar-refractivity contribution is 5.67. The highest BCUT2D eigenvalue weighted by atomic mass is 19.3. The smallest absolute Gasteiger partial charge is 0.411 e. The summed E-state index contributed by atoms with van der Waals surface area (Å²) in [5.41, 5.74) is 0.964. The van der Waals surface area contributed by atoms with Gasteiger partial charge in [0.1, 0.15) is 6.73 Å². The number of ether oxygens (including phenoxy) is 1. The molecule has 0 unspecified atom stereocenters. The van der Waals surface area contributed by atoms with Crippen molar-refractivity contribution in [3.63, 3.8) is 0 Å². The fraction of sp³-hybridized carbons (Fsp3) is 0.688. The second-order valence-electron chi connectivity index (χ2n) is 6.26. The van der Waals surface area contributed by atoms with Crippen LogP contribution in [0.2, 0.25) is 0 Å². The van der Waals surface area contributed by atoms with Crippen LogP contribution in [0.3, 0.4) is 0 Å². The molecule has 6 heteroatoms. The summed E-state index contributed by atoms with van der Waals surface area (Å²) < 4.78 is 31.3. The molecular weight excluding hydrogens is 290 g/mol. The summed E-state index contributed by atoms with van der Waals surface area (Å²) >= 11 is 0. The Bertz CT molecular complexity index is 485. The Morgan fingerprint density at radius 3 is 2.82 bits per heavy atom. The molecule has 3 aliphatic rings. The number of hydrogen-bond donors (Lipinski definition) is 1. The van der Waals surface area contributed by atoms with E-state index in [1.165, 1.54) is 12.5 Å². The summed E-state index contributed by atoms with van der Waals surface area (Å²) in [4.78, 5) is 13.6. The zero-order valence-corrected chi connectivity index (χ0v) is 12.6. The second-order valence-corrected chi connectivity index (χ2v) is 6.26. The van der Waals surface area contributed by atoms with Crippen molar-refractivity contribution in [3.8, 4) is 0 Å². The molecule has 0 aromatic carbocycles. The van der Waals surface area contributed by atoms with Crippen LogP contribution in [0, 0.1) is 5.92 Å². The van der Waals surface area contributed by atoms with E-state index in [1.54, 1.807) is 11.0 Å². The number of carbonyl (C=O) groups excluding carboxylic acids is 1. The molecule has 122 valence electrons. The van der Waals surface area contributed by atoms with E-state index < -0.39 is 5.92 Å². The van der Waals surface area contributed by atoms with Gasteiger partial charge in [-0.15, -0.1) is 0 Å². The molecular formula is C16H22F2N2O2. The van der Waals surface area contributed by atoms with Crippen LogP contribution in [0.15, 0.2) is 23.8 Å². The second kappa shape index (κ2) is 6.36. The number of halogens is 2. The van der Waals surface area contributed by atoms with E-state index in [-0.39, 0.29) is 31.2 Å². The van der Waals surface area contributed by atoms with E-state index in [2.05, 4.69) is 5.32 Å². The molecule has 3 rings (SSSR count). The summed E-state index contributed by atoms with van der Waals surface area (Å²) in [7, 11) is 0. The first-order chi connectivity index (χ1) is 10.6. The number of piperidine rings is 1. The molecule has 1 aliphatic heterocycles. The molecule has 1 saturated carbocycles. The lowest BCUT2D eigenvalue weighted by Gasteiger charge is -2.25. The Balaban J connectivity index is 1.35. The van der Waals surface area contributed by atoms with Crippen LogP contribution in [0.4, 0.5) is 13.6 Å². The average molecular weight is 312 g/mol. The van der Waals surface area contributed by atoms with Crippen LogP contribution in [0.5, 0.6) is 0 Å². The van der Waals surface area contributed by atoms with Gasteiger partial charge in [-0.2, -0.15) is 0 Å². The van der Waals surface area contributed by atoms with Crippen LogP contribution in [0.25, 0.3) is 0 Å². The Kier molecular flexibility index (Phi) is 4.47. The van der Waals surface area contributed by atoms with Gasteiger partial charge in [0.2, 0.25) is 0 Å². The SMILES string of the molecule is O=C(OCN[C@@H]1C[C@H]1C1=CCC(F)(F)C=C1)N1CCCCC1. The maximum absolute atomic E-state index is 13.0. The normalized spacial score (nSPS) is 29.9. The molecule has 1 saturated heterocycles. The van der Waals surface area contributed by atoms with E-state index in [4.69, 9.17) is 4.74 Å². The maximum Gasteiger partial charge on any atom is 0.411 e. The molecule has 0 spiro atoms. The number of hydrogen-bond acceptors (Lipinski definition) is 3. The molecule has 0 bridgehead atoms. The standard InChI is InChI=1S/C16H22F2N2O2/c17-16(18)6-4-12(5-7-16)13-10-14(13)19-11-22-15(21)20-8-2-1-3-9-20/h4-6,13-14,19H,1-3,7-11H2/t13-,14+/m0/s1. The van der Waals surface area contributed by atoms with E-state index in [9.17, 15) is 13.6 Å². The topological polar surface area (TPSA) is 41.6 Å². The molecule has 1 amide bonds. The lowest BCUT2D eigenvalue weighted by molar-refractivity contribution is 0.0569. The van der Waals surface area contributed by atoms with Crippen LogP contribution >= 0.6 is 0 Å². The number of likely N-dealkylation sites (tertiary alicyclic amines) is 1. The highest BCUT2D eigenvalue weighted by Crippen LogP contribution is 2.41. The molecule has 4 nitrogen and oxygen atoms in total. The number of rotatable bonds is 4. The van der Waals surface area contributed by atoms with Gasteiger partial charge in [0.15, 0.2) is 0 Å². The van der Waals surface area contributed by atoms with Crippen molar-refractivity contribution >= 4 is 6.09 Å². The minimum atomic E-state index is -2.70. The minimum Gasteiger partial charge on any atom is -0.433 e. The van der Waals surface area contributed by atoms with Gasteiger partial charge in [0.05, 0.1) is 0 Å².